The summed E-state index contributed by atoms with van der Waals surface area (Å²) in [7, 11) is 0. The fraction of sp³-hybridized carbons (Fsp3) is 0.400. The Morgan fingerprint density at radius 3 is 2.36 bits per heavy atom. The van der Waals surface area contributed by atoms with Gasteiger partial charge in [-0.1, -0.05) is 19.9 Å². The van der Waals surface area contributed by atoms with Gasteiger partial charge in [0.1, 0.15) is 0 Å². The van der Waals surface area contributed by atoms with Crippen molar-refractivity contribution in [2.45, 2.75) is 19.3 Å². The number of aliphatic hydroxyl groups is 1. The molecular formula is C10H12F2O2. The molecule has 2 nitrogen and oxygen atoms in total. The van der Waals surface area contributed by atoms with E-state index in [1.807, 2.05) is 0 Å². The lowest BCUT2D eigenvalue weighted by atomic mass is 9.85. The Bertz CT molecular complexity index is 348. The van der Waals surface area contributed by atoms with Gasteiger partial charge in [-0.25, -0.2) is 8.78 Å². The molecule has 14 heavy (non-hydrogen) atoms. The third-order valence-corrected chi connectivity index (χ3v) is 2.19. The van der Waals surface area contributed by atoms with Gasteiger partial charge in [0.2, 0.25) is 0 Å². The second-order valence-corrected chi connectivity index (χ2v) is 3.80. The molecule has 0 bridgehead atoms. The molecule has 78 valence electrons. The van der Waals surface area contributed by atoms with Gasteiger partial charge in [0.15, 0.2) is 17.4 Å². The van der Waals surface area contributed by atoms with Gasteiger partial charge in [-0.15, -0.1) is 0 Å². The third-order valence-electron chi connectivity index (χ3n) is 2.19. The molecule has 0 saturated carbocycles. The quantitative estimate of drug-likeness (QED) is 0.769. The summed E-state index contributed by atoms with van der Waals surface area (Å²) in [6, 6.07) is 2.20. The number of halogens is 2. The van der Waals surface area contributed by atoms with Crippen molar-refractivity contribution >= 4 is 0 Å². The van der Waals surface area contributed by atoms with E-state index in [9.17, 15) is 8.78 Å². The largest absolute Gasteiger partial charge is 0.503 e. The van der Waals surface area contributed by atoms with Gasteiger partial charge in [-0.2, -0.15) is 0 Å². The number of phenolic OH excluding ortho intramolecular Hbond substituents is 1. The molecule has 0 aromatic heterocycles. The number of hydrogen-bond acceptors (Lipinski definition) is 2. The van der Waals surface area contributed by atoms with Crippen LogP contribution >= 0.6 is 0 Å². The van der Waals surface area contributed by atoms with Crippen molar-refractivity contribution in [2.75, 3.05) is 6.61 Å². The minimum Gasteiger partial charge on any atom is -0.503 e. The number of phenols is 1. The molecule has 0 heterocycles. The van der Waals surface area contributed by atoms with Crippen LogP contribution in [0.3, 0.4) is 0 Å². The molecular weight excluding hydrogens is 190 g/mol. The smallest absolute Gasteiger partial charge is 0.188 e. The molecule has 4 heteroatoms. The zero-order valence-corrected chi connectivity index (χ0v) is 8.01. The topological polar surface area (TPSA) is 40.5 Å². The Labute approximate surface area is 80.8 Å². The van der Waals surface area contributed by atoms with Crippen molar-refractivity contribution in [3.05, 3.63) is 29.3 Å². The highest BCUT2D eigenvalue weighted by atomic mass is 19.1. The highest BCUT2D eigenvalue weighted by Gasteiger charge is 2.26. The second-order valence-electron chi connectivity index (χ2n) is 3.80. The maximum atomic E-state index is 13.3. The SMILES string of the molecule is CC(C)(CO)c1ccc(F)c(O)c1F. The summed E-state index contributed by atoms with van der Waals surface area (Å²) in [4.78, 5) is 0. The van der Waals surface area contributed by atoms with E-state index in [1.165, 1.54) is 6.07 Å². The van der Waals surface area contributed by atoms with Gasteiger partial charge in [-0.05, 0) is 11.6 Å². The molecule has 0 atom stereocenters. The Morgan fingerprint density at radius 2 is 1.86 bits per heavy atom. The summed E-state index contributed by atoms with van der Waals surface area (Å²) >= 11 is 0. The summed E-state index contributed by atoms with van der Waals surface area (Å²) in [5, 5.41) is 18.0. The minimum absolute atomic E-state index is 0.0962. The molecule has 0 aliphatic carbocycles. The molecule has 0 fully saturated rings. The molecule has 0 spiro atoms. The Balaban J connectivity index is 3.31. The number of aliphatic hydroxyl groups excluding tert-OH is 1. The van der Waals surface area contributed by atoms with E-state index in [4.69, 9.17) is 10.2 Å². The van der Waals surface area contributed by atoms with E-state index in [0.717, 1.165) is 6.07 Å². The summed E-state index contributed by atoms with van der Waals surface area (Å²) < 4.78 is 26.0. The fourth-order valence-corrected chi connectivity index (χ4v) is 1.15. The van der Waals surface area contributed by atoms with E-state index in [1.54, 1.807) is 13.8 Å². The van der Waals surface area contributed by atoms with Gasteiger partial charge >= 0.3 is 0 Å². The zero-order chi connectivity index (χ0) is 10.9. The highest BCUT2D eigenvalue weighted by Crippen LogP contribution is 2.31. The average molecular weight is 202 g/mol. The predicted octanol–water partition coefficient (Wildman–Crippen LogP) is 1.94. The maximum Gasteiger partial charge on any atom is 0.188 e. The van der Waals surface area contributed by atoms with Crippen LogP contribution in [0.25, 0.3) is 0 Å². The predicted molar refractivity (Wildman–Crippen MR) is 48.1 cm³/mol. The molecule has 0 unspecified atom stereocenters. The molecule has 0 aliphatic heterocycles. The first kappa shape index (κ1) is 10.9. The van der Waals surface area contributed by atoms with E-state index < -0.39 is 22.8 Å². The molecule has 1 aromatic rings. The average Bonchev–Trinajstić information content (AvgIpc) is 2.14. The zero-order valence-electron chi connectivity index (χ0n) is 8.01. The molecule has 0 aliphatic rings. The molecule has 0 amide bonds. The maximum absolute atomic E-state index is 13.3. The van der Waals surface area contributed by atoms with Gasteiger partial charge in [-0.3, -0.25) is 0 Å². The van der Waals surface area contributed by atoms with Crippen molar-refractivity contribution in [2.24, 2.45) is 0 Å². The van der Waals surface area contributed by atoms with Crippen LogP contribution in [0.1, 0.15) is 19.4 Å². The van der Waals surface area contributed by atoms with E-state index in [0.29, 0.717) is 0 Å². The van der Waals surface area contributed by atoms with Gasteiger partial charge < -0.3 is 10.2 Å². The van der Waals surface area contributed by atoms with Crippen molar-refractivity contribution in [1.82, 2.24) is 0 Å². The number of rotatable bonds is 2. The van der Waals surface area contributed by atoms with Crippen LogP contribution in [0, 0.1) is 11.6 Å². The van der Waals surface area contributed by atoms with Crippen molar-refractivity contribution in [3.63, 3.8) is 0 Å². The summed E-state index contributed by atoms with van der Waals surface area (Å²) in [6.45, 7) is 2.92. The lowest BCUT2D eigenvalue weighted by Crippen LogP contribution is -2.23. The lowest BCUT2D eigenvalue weighted by Gasteiger charge is -2.23. The standard InChI is InChI=1S/C10H12F2O2/c1-10(2,5-13)6-3-4-7(11)9(14)8(6)12/h3-4,13-14H,5H2,1-2H3. The Morgan fingerprint density at radius 1 is 1.29 bits per heavy atom. The van der Waals surface area contributed by atoms with Crippen molar-refractivity contribution < 1.29 is 19.0 Å². The summed E-state index contributed by atoms with van der Waals surface area (Å²) in [5.41, 5.74) is -0.742. The van der Waals surface area contributed by atoms with Crippen LogP contribution in [0.5, 0.6) is 5.75 Å². The third kappa shape index (κ3) is 1.70. The molecule has 0 saturated heterocycles. The van der Waals surface area contributed by atoms with E-state index >= 15 is 0 Å². The van der Waals surface area contributed by atoms with Crippen molar-refractivity contribution in [1.29, 1.82) is 0 Å². The molecule has 2 N–H and O–H groups in total. The fourth-order valence-electron chi connectivity index (χ4n) is 1.15. The number of benzene rings is 1. The van der Waals surface area contributed by atoms with Crippen LogP contribution < -0.4 is 0 Å². The second kappa shape index (κ2) is 3.53. The first-order valence-electron chi connectivity index (χ1n) is 4.18. The summed E-state index contributed by atoms with van der Waals surface area (Å²) in [5.74, 6) is -3.01. The first-order chi connectivity index (χ1) is 6.40. The lowest BCUT2D eigenvalue weighted by molar-refractivity contribution is 0.213. The molecule has 1 rings (SSSR count). The highest BCUT2D eigenvalue weighted by molar-refractivity contribution is 5.35. The van der Waals surface area contributed by atoms with E-state index in [-0.39, 0.29) is 12.2 Å². The van der Waals surface area contributed by atoms with Crippen LogP contribution in [0.15, 0.2) is 12.1 Å². The van der Waals surface area contributed by atoms with Crippen LogP contribution in [0.2, 0.25) is 0 Å². The molecule has 0 radical (unpaired) electrons. The Hall–Kier alpha value is -1.16. The Kier molecular flexibility index (Phi) is 2.76. The summed E-state index contributed by atoms with van der Waals surface area (Å²) in [6.07, 6.45) is 0. The monoisotopic (exact) mass is 202 g/mol. The van der Waals surface area contributed by atoms with Gasteiger partial charge in [0.25, 0.3) is 0 Å². The molecule has 1 aromatic carbocycles. The van der Waals surface area contributed by atoms with Gasteiger partial charge in [0.05, 0.1) is 6.61 Å². The van der Waals surface area contributed by atoms with Crippen LogP contribution in [0.4, 0.5) is 8.78 Å². The normalized spacial score (nSPS) is 11.8. The number of aromatic hydroxyl groups is 1. The van der Waals surface area contributed by atoms with Crippen molar-refractivity contribution in [3.8, 4) is 5.75 Å². The van der Waals surface area contributed by atoms with Crippen LogP contribution in [-0.4, -0.2) is 16.8 Å². The first-order valence-corrected chi connectivity index (χ1v) is 4.18. The number of hydrogen-bond donors (Lipinski definition) is 2. The van der Waals surface area contributed by atoms with Crippen LogP contribution in [-0.2, 0) is 5.41 Å². The minimum atomic E-state index is -1.01. The van der Waals surface area contributed by atoms with E-state index in [2.05, 4.69) is 0 Å². The van der Waals surface area contributed by atoms with Gasteiger partial charge in [0, 0.05) is 5.41 Å².